The number of fused-ring (bicyclic) bond motifs is 1. The molecule has 2 aromatic carbocycles. The standard InChI is InChI=1S/C31H40FN3O7/c1-4-9-33(18-27(36)34-10-5-6-11-34)12-13-35-17-22(21-15-25(40-3)30-26(16-21)41-19-42-30)28(31(37)38)29(35)20-7-8-24(39-2)23(32)14-20/h7-8,14-16,22,28-29H,4-6,9-13,17-19H2,1-3H3,(H,37,38)/t22-,28+,29-/m1/s1. The molecule has 42 heavy (non-hydrogen) atoms. The number of aliphatic carboxylic acids is 1. The van der Waals surface area contributed by atoms with Crippen molar-refractivity contribution in [1.29, 1.82) is 0 Å². The molecular weight excluding hydrogens is 545 g/mol. The second-order valence-corrected chi connectivity index (χ2v) is 11.1. The summed E-state index contributed by atoms with van der Waals surface area (Å²) in [5.41, 5.74) is 1.31. The number of carbonyl (C=O) groups is 2. The summed E-state index contributed by atoms with van der Waals surface area (Å²) in [5.74, 6) is -1.13. The van der Waals surface area contributed by atoms with Crippen LogP contribution in [0.15, 0.2) is 30.3 Å². The zero-order valence-corrected chi connectivity index (χ0v) is 24.5. The van der Waals surface area contributed by atoms with Gasteiger partial charge in [-0.05, 0) is 61.2 Å². The van der Waals surface area contributed by atoms with Gasteiger partial charge >= 0.3 is 5.97 Å². The van der Waals surface area contributed by atoms with Gasteiger partial charge in [0.2, 0.25) is 18.4 Å². The first-order valence-corrected chi connectivity index (χ1v) is 14.6. The minimum Gasteiger partial charge on any atom is -0.494 e. The quantitative estimate of drug-likeness (QED) is 0.399. The van der Waals surface area contributed by atoms with Gasteiger partial charge in [-0.25, -0.2) is 4.39 Å². The number of hydrogen-bond donors (Lipinski definition) is 1. The Morgan fingerprint density at radius 1 is 1.05 bits per heavy atom. The number of methoxy groups -OCH3 is 2. The molecule has 228 valence electrons. The summed E-state index contributed by atoms with van der Waals surface area (Å²) in [6, 6.07) is 7.66. The van der Waals surface area contributed by atoms with E-state index in [9.17, 15) is 19.1 Å². The van der Waals surface area contributed by atoms with E-state index in [0.717, 1.165) is 44.5 Å². The van der Waals surface area contributed by atoms with E-state index in [-0.39, 0.29) is 18.4 Å². The van der Waals surface area contributed by atoms with Crippen LogP contribution in [0.5, 0.6) is 23.0 Å². The third-order valence-electron chi connectivity index (χ3n) is 8.57. The molecule has 3 aliphatic rings. The molecule has 0 radical (unpaired) electrons. The molecule has 0 saturated carbocycles. The summed E-state index contributed by atoms with van der Waals surface area (Å²) in [5, 5.41) is 10.6. The summed E-state index contributed by atoms with van der Waals surface area (Å²) >= 11 is 0. The number of ether oxygens (including phenoxy) is 4. The van der Waals surface area contributed by atoms with Crippen LogP contribution < -0.4 is 18.9 Å². The molecule has 5 rings (SSSR count). The second-order valence-electron chi connectivity index (χ2n) is 11.1. The van der Waals surface area contributed by atoms with Crippen molar-refractivity contribution in [3.05, 3.63) is 47.3 Å². The van der Waals surface area contributed by atoms with Crippen LogP contribution in [-0.4, -0.2) is 98.5 Å². The number of benzene rings is 2. The molecule has 0 aromatic heterocycles. The van der Waals surface area contributed by atoms with Crippen molar-refractivity contribution in [2.75, 3.05) is 66.8 Å². The van der Waals surface area contributed by atoms with Crippen LogP contribution >= 0.6 is 0 Å². The van der Waals surface area contributed by atoms with E-state index >= 15 is 0 Å². The minimum absolute atomic E-state index is 0.0610. The van der Waals surface area contributed by atoms with Crippen molar-refractivity contribution in [2.24, 2.45) is 5.92 Å². The first-order valence-electron chi connectivity index (χ1n) is 14.6. The topological polar surface area (TPSA) is 101 Å². The van der Waals surface area contributed by atoms with Gasteiger partial charge in [0.1, 0.15) is 0 Å². The Morgan fingerprint density at radius 2 is 1.81 bits per heavy atom. The molecule has 0 aliphatic carbocycles. The van der Waals surface area contributed by atoms with Crippen molar-refractivity contribution in [3.63, 3.8) is 0 Å². The van der Waals surface area contributed by atoms with Crippen molar-refractivity contribution in [1.82, 2.24) is 14.7 Å². The van der Waals surface area contributed by atoms with E-state index in [1.807, 2.05) is 11.0 Å². The number of carboxylic acid groups (broad SMARTS) is 1. The lowest BCUT2D eigenvalue weighted by Gasteiger charge is -2.30. The normalized spacial score (nSPS) is 21.7. The highest BCUT2D eigenvalue weighted by Crippen LogP contribution is 2.50. The van der Waals surface area contributed by atoms with E-state index in [4.69, 9.17) is 18.9 Å². The molecule has 0 bridgehead atoms. The Bertz CT molecular complexity index is 1290. The maximum absolute atomic E-state index is 14.9. The zero-order chi connectivity index (χ0) is 29.8. The number of carbonyl (C=O) groups excluding carboxylic acids is 1. The van der Waals surface area contributed by atoms with Crippen molar-refractivity contribution < 1.29 is 38.0 Å². The van der Waals surface area contributed by atoms with Crippen molar-refractivity contribution in [3.8, 4) is 23.0 Å². The number of hydrogen-bond acceptors (Lipinski definition) is 8. The van der Waals surface area contributed by atoms with Crippen LogP contribution in [0.2, 0.25) is 0 Å². The lowest BCUT2D eigenvalue weighted by atomic mass is 9.82. The minimum atomic E-state index is -0.977. The molecule has 1 N–H and O–H groups in total. The number of carboxylic acids is 1. The number of nitrogens with zero attached hydrogens (tertiary/aromatic N) is 3. The molecular formula is C31H40FN3O7. The molecule has 3 heterocycles. The monoisotopic (exact) mass is 585 g/mol. The van der Waals surface area contributed by atoms with E-state index in [2.05, 4.69) is 16.7 Å². The van der Waals surface area contributed by atoms with Crippen LogP contribution in [-0.2, 0) is 9.59 Å². The lowest BCUT2D eigenvalue weighted by Crippen LogP contribution is -2.43. The van der Waals surface area contributed by atoms with Gasteiger partial charge in [-0.15, -0.1) is 0 Å². The summed E-state index contributed by atoms with van der Waals surface area (Å²) in [7, 11) is 2.93. The van der Waals surface area contributed by atoms with Gasteiger partial charge in [0.15, 0.2) is 23.1 Å². The second kappa shape index (κ2) is 13.2. The van der Waals surface area contributed by atoms with Gasteiger partial charge in [-0.3, -0.25) is 19.4 Å². The molecule has 0 spiro atoms. The predicted octanol–water partition coefficient (Wildman–Crippen LogP) is 3.75. The highest BCUT2D eigenvalue weighted by molar-refractivity contribution is 5.78. The van der Waals surface area contributed by atoms with Crippen LogP contribution in [0.4, 0.5) is 4.39 Å². The maximum Gasteiger partial charge on any atom is 0.309 e. The number of likely N-dealkylation sites (tertiary alicyclic amines) is 2. The Kier molecular flexibility index (Phi) is 9.37. The Hall–Kier alpha value is -3.57. The maximum atomic E-state index is 14.9. The largest absolute Gasteiger partial charge is 0.494 e. The average Bonchev–Trinajstić information content (AvgIpc) is 3.75. The first kappa shape index (κ1) is 29.9. The number of amides is 1. The summed E-state index contributed by atoms with van der Waals surface area (Å²) in [6.07, 6.45) is 2.96. The third kappa shape index (κ3) is 6.12. The summed E-state index contributed by atoms with van der Waals surface area (Å²) < 4.78 is 36.8. The Labute approximate surface area is 245 Å². The molecule has 1 amide bonds. The Morgan fingerprint density at radius 3 is 2.48 bits per heavy atom. The highest BCUT2D eigenvalue weighted by Gasteiger charge is 2.48. The lowest BCUT2D eigenvalue weighted by molar-refractivity contribution is -0.143. The summed E-state index contributed by atoms with van der Waals surface area (Å²) in [4.78, 5) is 32.1. The van der Waals surface area contributed by atoms with E-state index in [1.165, 1.54) is 26.4 Å². The van der Waals surface area contributed by atoms with Gasteiger partial charge in [-0.1, -0.05) is 13.0 Å². The van der Waals surface area contributed by atoms with Gasteiger partial charge in [0.25, 0.3) is 0 Å². The van der Waals surface area contributed by atoms with E-state index in [0.29, 0.717) is 49.0 Å². The van der Waals surface area contributed by atoms with Gasteiger partial charge < -0.3 is 29.0 Å². The fraction of sp³-hybridized carbons (Fsp3) is 0.548. The molecule has 3 atom stereocenters. The zero-order valence-electron chi connectivity index (χ0n) is 24.5. The van der Waals surface area contributed by atoms with Crippen molar-refractivity contribution >= 4 is 11.9 Å². The SMILES string of the molecule is CCCN(CCN1C[C@H](c2cc(OC)c3c(c2)OCO3)[C@H](C(=O)O)[C@H]1c1ccc(OC)c(F)c1)CC(=O)N1CCCC1. The van der Waals surface area contributed by atoms with Crippen LogP contribution in [0.1, 0.15) is 49.3 Å². The van der Waals surface area contributed by atoms with Gasteiger partial charge in [0.05, 0.1) is 26.7 Å². The molecule has 2 aromatic rings. The molecule has 0 unspecified atom stereocenters. The Balaban J connectivity index is 1.46. The fourth-order valence-electron chi connectivity index (χ4n) is 6.54. The summed E-state index contributed by atoms with van der Waals surface area (Å²) in [6.45, 7) is 6.32. The number of rotatable bonds is 12. The third-order valence-corrected chi connectivity index (χ3v) is 8.57. The average molecular weight is 586 g/mol. The van der Waals surface area contributed by atoms with Crippen LogP contribution in [0, 0.1) is 11.7 Å². The molecule has 10 nitrogen and oxygen atoms in total. The molecule has 11 heteroatoms. The fourth-order valence-corrected chi connectivity index (χ4v) is 6.54. The highest BCUT2D eigenvalue weighted by atomic mass is 19.1. The number of halogens is 1. The smallest absolute Gasteiger partial charge is 0.309 e. The predicted molar refractivity (Wildman–Crippen MR) is 153 cm³/mol. The molecule has 2 fully saturated rings. The van der Waals surface area contributed by atoms with Gasteiger partial charge in [-0.2, -0.15) is 0 Å². The van der Waals surface area contributed by atoms with Gasteiger partial charge in [0, 0.05) is 44.7 Å². The van der Waals surface area contributed by atoms with Crippen LogP contribution in [0.3, 0.4) is 0 Å². The van der Waals surface area contributed by atoms with Crippen molar-refractivity contribution in [2.45, 2.75) is 38.1 Å². The van der Waals surface area contributed by atoms with Crippen LogP contribution in [0.25, 0.3) is 0 Å². The van der Waals surface area contributed by atoms with E-state index in [1.54, 1.807) is 12.1 Å². The molecule has 2 saturated heterocycles. The first-order chi connectivity index (χ1) is 20.3. The molecule has 3 aliphatic heterocycles. The van der Waals surface area contributed by atoms with E-state index < -0.39 is 29.7 Å².